The van der Waals surface area contributed by atoms with Gasteiger partial charge in [-0.3, -0.25) is 0 Å². The van der Waals surface area contributed by atoms with Crippen LogP contribution in [-0.2, 0) is 5.88 Å². The summed E-state index contributed by atoms with van der Waals surface area (Å²) in [6, 6.07) is 6.27. The van der Waals surface area contributed by atoms with Gasteiger partial charge in [0, 0.05) is 5.88 Å². The molecule has 0 bridgehead atoms. The molecule has 1 heterocycles. The number of rotatable bonds is 1. The maximum absolute atomic E-state index is 9.02. The highest BCUT2D eigenvalue weighted by atomic mass is 35.5. The molecule has 0 aliphatic rings. The minimum absolute atomic E-state index is 0.500. The topological polar surface area (TPSA) is 23.8 Å². The Balaban J connectivity index is 2.90. The van der Waals surface area contributed by atoms with Crippen molar-refractivity contribution in [3.8, 4) is 6.07 Å². The number of nitrogens with zero attached hydrogens (tertiary/aromatic N) is 1. The second kappa shape index (κ2) is 3.61. The molecule has 0 fully saturated rings. The molecule has 1 aromatic carbocycles. The summed E-state index contributed by atoms with van der Waals surface area (Å²) in [5.74, 6) is 0.500. The molecular formula is C11H8ClNS. The fraction of sp³-hybridized carbons (Fsp3) is 0.182. The number of hydrogen-bond acceptors (Lipinski definition) is 2. The zero-order chi connectivity index (χ0) is 10.1. The standard InChI is InChI=1S/C11H8ClNS/c1-7-4-8(5-12)9-2-3-14-11(9)10(7)6-13/h2-4H,5H2,1H3. The van der Waals surface area contributed by atoms with Crippen LogP contribution >= 0.6 is 22.9 Å². The Bertz CT molecular complexity index is 522. The number of fused-ring (bicyclic) bond motifs is 1. The number of nitriles is 1. The number of halogens is 1. The van der Waals surface area contributed by atoms with Crippen LogP contribution in [-0.4, -0.2) is 0 Å². The van der Waals surface area contributed by atoms with Crippen LogP contribution in [0.25, 0.3) is 10.1 Å². The van der Waals surface area contributed by atoms with Crippen molar-refractivity contribution in [1.82, 2.24) is 0 Å². The fourth-order valence-electron chi connectivity index (χ4n) is 1.60. The van der Waals surface area contributed by atoms with Crippen molar-refractivity contribution in [2.75, 3.05) is 0 Å². The highest BCUT2D eigenvalue weighted by molar-refractivity contribution is 7.17. The largest absolute Gasteiger partial charge is 0.192 e. The van der Waals surface area contributed by atoms with Gasteiger partial charge < -0.3 is 0 Å². The van der Waals surface area contributed by atoms with Crippen LogP contribution in [0.3, 0.4) is 0 Å². The molecule has 0 radical (unpaired) electrons. The fourth-order valence-corrected chi connectivity index (χ4v) is 2.81. The summed E-state index contributed by atoms with van der Waals surface area (Å²) in [7, 11) is 0. The first-order valence-corrected chi connectivity index (χ1v) is 5.65. The Morgan fingerprint density at radius 3 is 3.00 bits per heavy atom. The minimum Gasteiger partial charge on any atom is -0.192 e. The molecule has 3 heteroatoms. The van der Waals surface area contributed by atoms with Crippen LogP contribution in [0.15, 0.2) is 17.5 Å². The predicted molar refractivity (Wildman–Crippen MR) is 60.8 cm³/mol. The van der Waals surface area contributed by atoms with Crippen molar-refractivity contribution in [3.05, 3.63) is 34.2 Å². The first kappa shape index (κ1) is 9.51. The van der Waals surface area contributed by atoms with Gasteiger partial charge in [0.25, 0.3) is 0 Å². The molecule has 1 aromatic heterocycles. The third-order valence-corrected chi connectivity index (χ3v) is 3.50. The van der Waals surface area contributed by atoms with Crippen LogP contribution < -0.4 is 0 Å². The van der Waals surface area contributed by atoms with Crippen molar-refractivity contribution in [2.45, 2.75) is 12.8 Å². The molecule has 0 aliphatic heterocycles. The normalized spacial score (nSPS) is 10.4. The lowest BCUT2D eigenvalue weighted by Gasteiger charge is -2.03. The van der Waals surface area contributed by atoms with Gasteiger partial charge in [-0.2, -0.15) is 5.26 Å². The van der Waals surface area contributed by atoms with E-state index in [1.165, 1.54) is 0 Å². The van der Waals surface area contributed by atoms with Crippen molar-refractivity contribution in [3.63, 3.8) is 0 Å². The molecule has 0 atom stereocenters. The maximum atomic E-state index is 9.02. The Labute approximate surface area is 91.5 Å². The zero-order valence-electron chi connectivity index (χ0n) is 7.67. The van der Waals surface area contributed by atoms with E-state index in [1.807, 2.05) is 24.4 Å². The Hall–Kier alpha value is -1.04. The number of alkyl halides is 1. The number of thiophene rings is 1. The van der Waals surface area contributed by atoms with E-state index in [2.05, 4.69) is 6.07 Å². The zero-order valence-corrected chi connectivity index (χ0v) is 9.25. The molecule has 0 amide bonds. The van der Waals surface area contributed by atoms with Gasteiger partial charge in [-0.15, -0.1) is 22.9 Å². The summed E-state index contributed by atoms with van der Waals surface area (Å²) in [5.41, 5.74) is 2.90. The van der Waals surface area contributed by atoms with E-state index < -0.39 is 0 Å². The maximum Gasteiger partial charge on any atom is 0.101 e. The summed E-state index contributed by atoms with van der Waals surface area (Å²) in [5, 5.41) is 12.1. The molecule has 0 spiro atoms. The van der Waals surface area contributed by atoms with E-state index in [1.54, 1.807) is 11.3 Å². The van der Waals surface area contributed by atoms with E-state index >= 15 is 0 Å². The van der Waals surface area contributed by atoms with Crippen molar-refractivity contribution in [1.29, 1.82) is 5.26 Å². The van der Waals surface area contributed by atoms with Crippen LogP contribution in [0.4, 0.5) is 0 Å². The molecule has 1 nitrogen and oxygen atoms in total. The molecule has 14 heavy (non-hydrogen) atoms. The molecule has 70 valence electrons. The molecule has 0 unspecified atom stereocenters. The third kappa shape index (κ3) is 1.30. The quantitative estimate of drug-likeness (QED) is 0.672. The van der Waals surface area contributed by atoms with Gasteiger partial charge in [0.1, 0.15) is 6.07 Å². The molecule has 0 saturated carbocycles. The van der Waals surface area contributed by atoms with Crippen LogP contribution in [0.5, 0.6) is 0 Å². The molecular weight excluding hydrogens is 214 g/mol. The van der Waals surface area contributed by atoms with Gasteiger partial charge in [0.05, 0.1) is 10.3 Å². The van der Waals surface area contributed by atoms with E-state index in [-0.39, 0.29) is 0 Å². The van der Waals surface area contributed by atoms with Gasteiger partial charge in [0.15, 0.2) is 0 Å². The summed E-state index contributed by atoms with van der Waals surface area (Å²) in [4.78, 5) is 0. The van der Waals surface area contributed by atoms with Crippen molar-refractivity contribution >= 4 is 33.0 Å². The summed E-state index contributed by atoms with van der Waals surface area (Å²) in [6.07, 6.45) is 0. The van der Waals surface area contributed by atoms with Gasteiger partial charge in [-0.1, -0.05) is 6.07 Å². The summed E-state index contributed by atoms with van der Waals surface area (Å²) < 4.78 is 1.06. The van der Waals surface area contributed by atoms with Gasteiger partial charge in [-0.25, -0.2) is 0 Å². The van der Waals surface area contributed by atoms with Crippen LogP contribution in [0.2, 0.25) is 0 Å². The molecule has 0 saturated heterocycles. The second-order valence-corrected chi connectivity index (χ2v) is 4.32. The van der Waals surface area contributed by atoms with E-state index in [9.17, 15) is 0 Å². The van der Waals surface area contributed by atoms with Crippen LogP contribution in [0.1, 0.15) is 16.7 Å². The second-order valence-electron chi connectivity index (χ2n) is 3.14. The lowest BCUT2D eigenvalue weighted by Crippen LogP contribution is -1.87. The van der Waals surface area contributed by atoms with E-state index in [0.717, 1.165) is 26.8 Å². The number of hydrogen-bond donors (Lipinski definition) is 0. The average molecular weight is 222 g/mol. The lowest BCUT2D eigenvalue weighted by molar-refractivity contribution is 1.37. The lowest BCUT2D eigenvalue weighted by atomic mass is 10.0. The van der Waals surface area contributed by atoms with E-state index in [4.69, 9.17) is 16.9 Å². The Morgan fingerprint density at radius 2 is 2.36 bits per heavy atom. The first-order chi connectivity index (χ1) is 6.77. The summed E-state index contributed by atoms with van der Waals surface area (Å²) in [6.45, 7) is 1.95. The number of aryl methyl sites for hydroxylation is 1. The van der Waals surface area contributed by atoms with Crippen molar-refractivity contribution in [2.24, 2.45) is 0 Å². The Morgan fingerprint density at radius 1 is 1.57 bits per heavy atom. The minimum atomic E-state index is 0.500. The smallest absolute Gasteiger partial charge is 0.101 e. The highest BCUT2D eigenvalue weighted by Gasteiger charge is 2.09. The Kier molecular flexibility index (Phi) is 2.45. The molecule has 0 N–H and O–H groups in total. The first-order valence-electron chi connectivity index (χ1n) is 4.23. The van der Waals surface area contributed by atoms with E-state index in [0.29, 0.717) is 5.88 Å². The third-order valence-electron chi connectivity index (χ3n) is 2.28. The van der Waals surface area contributed by atoms with Gasteiger partial charge in [0.2, 0.25) is 0 Å². The average Bonchev–Trinajstić information content (AvgIpc) is 2.65. The monoisotopic (exact) mass is 221 g/mol. The van der Waals surface area contributed by atoms with Crippen molar-refractivity contribution < 1.29 is 0 Å². The molecule has 0 aliphatic carbocycles. The summed E-state index contributed by atoms with van der Waals surface area (Å²) >= 11 is 7.45. The predicted octanol–water partition coefficient (Wildman–Crippen LogP) is 3.82. The molecule has 2 aromatic rings. The highest BCUT2D eigenvalue weighted by Crippen LogP contribution is 2.30. The SMILES string of the molecule is Cc1cc(CCl)c2ccsc2c1C#N. The molecule has 2 rings (SSSR count). The number of benzene rings is 1. The van der Waals surface area contributed by atoms with Gasteiger partial charge in [-0.05, 0) is 34.9 Å². The van der Waals surface area contributed by atoms with Gasteiger partial charge >= 0.3 is 0 Å². The van der Waals surface area contributed by atoms with Crippen LogP contribution in [0, 0.1) is 18.3 Å².